The molecular weight excluding hydrogens is 154 g/mol. The van der Waals surface area contributed by atoms with Crippen LogP contribution in [0.1, 0.15) is 12.8 Å². The number of carbonyl (C=O) groups excluding carboxylic acids is 2. The maximum Gasteiger partial charge on any atom is 0.310 e. The third kappa shape index (κ3) is 1.48. The lowest BCUT2D eigenvalue weighted by Gasteiger charge is -2.10. The van der Waals surface area contributed by atoms with Crippen molar-refractivity contribution in [1.82, 2.24) is 4.90 Å². The van der Waals surface area contributed by atoms with Crippen LogP contribution in [0, 0.1) is 0 Å². The second-order valence-corrected chi connectivity index (χ2v) is 2.62. The summed E-state index contributed by atoms with van der Waals surface area (Å²) in [7, 11) is 0. The van der Waals surface area contributed by atoms with Gasteiger partial charge in [-0.25, -0.2) is 0 Å². The minimum Gasteiger partial charge on any atom is -0.335 e. The molecule has 1 aliphatic rings. The molecular formula is C6H8ClNO2. The van der Waals surface area contributed by atoms with Crippen LogP contribution in [0.15, 0.2) is 0 Å². The van der Waals surface area contributed by atoms with E-state index in [0.717, 1.165) is 12.8 Å². The van der Waals surface area contributed by atoms with Crippen molar-refractivity contribution in [2.45, 2.75) is 12.8 Å². The van der Waals surface area contributed by atoms with Crippen LogP contribution in [-0.4, -0.2) is 29.1 Å². The third-order valence-electron chi connectivity index (χ3n) is 1.56. The zero-order valence-corrected chi connectivity index (χ0v) is 6.23. The zero-order valence-electron chi connectivity index (χ0n) is 5.47. The van der Waals surface area contributed by atoms with Gasteiger partial charge in [-0.05, 0) is 24.4 Å². The van der Waals surface area contributed by atoms with Gasteiger partial charge in [0.25, 0.3) is 0 Å². The Morgan fingerprint density at radius 3 is 2.10 bits per heavy atom. The number of likely N-dealkylation sites (tertiary alicyclic amines) is 1. The highest BCUT2D eigenvalue weighted by atomic mass is 35.5. The summed E-state index contributed by atoms with van der Waals surface area (Å²) < 4.78 is 0. The summed E-state index contributed by atoms with van der Waals surface area (Å²) in [5.74, 6) is -0.556. The van der Waals surface area contributed by atoms with Crippen LogP contribution in [-0.2, 0) is 9.59 Å². The molecule has 1 saturated heterocycles. The van der Waals surface area contributed by atoms with E-state index in [2.05, 4.69) is 0 Å². The molecule has 1 aliphatic heterocycles. The summed E-state index contributed by atoms with van der Waals surface area (Å²) in [6, 6.07) is 0. The first-order chi connectivity index (χ1) is 4.72. The van der Waals surface area contributed by atoms with Gasteiger partial charge in [-0.3, -0.25) is 9.59 Å². The molecule has 0 aromatic heterocycles. The summed E-state index contributed by atoms with van der Waals surface area (Å²) in [5, 5.41) is -0.873. The van der Waals surface area contributed by atoms with Crippen molar-refractivity contribution in [2.24, 2.45) is 0 Å². The molecule has 0 aromatic carbocycles. The second kappa shape index (κ2) is 3.01. The number of hydrogen-bond acceptors (Lipinski definition) is 2. The fourth-order valence-electron chi connectivity index (χ4n) is 1.04. The molecule has 4 heteroatoms. The third-order valence-corrected chi connectivity index (χ3v) is 1.72. The highest BCUT2D eigenvalue weighted by Gasteiger charge is 2.22. The summed E-state index contributed by atoms with van der Waals surface area (Å²) in [4.78, 5) is 22.6. The van der Waals surface area contributed by atoms with Gasteiger partial charge in [0.15, 0.2) is 0 Å². The Morgan fingerprint density at radius 2 is 1.70 bits per heavy atom. The van der Waals surface area contributed by atoms with E-state index in [-0.39, 0.29) is 0 Å². The molecule has 1 fully saturated rings. The van der Waals surface area contributed by atoms with E-state index >= 15 is 0 Å². The normalized spacial score (nSPS) is 17.5. The van der Waals surface area contributed by atoms with Crippen molar-refractivity contribution >= 4 is 22.8 Å². The average molecular weight is 162 g/mol. The summed E-state index contributed by atoms with van der Waals surface area (Å²) in [5.41, 5.74) is 0. The van der Waals surface area contributed by atoms with E-state index in [4.69, 9.17) is 11.6 Å². The van der Waals surface area contributed by atoms with Gasteiger partial charge >= 0.3 is 11.1 Å². The van der Waals surface area contributed by atoms with Crippen LogP contribution in [0.5, 0.6) is 0 Å². The topological polar surface area (TPSA) is 37.4 Å². The highest BCUT2D eigenvalue weighted by molar-refractivity contribution is 6.80. The number of hydrogen-bond donors (Lipinski definition) is 0. The van der Waals surface area contributed by atoms with Gasteiger partial charge < -0.3 is 4.90 Å². The molecule has 0 bridgehead atoms. The Morgan fingerprint density at radius 1 is 1.20 bits per heavy atom. The van der Waals surface area contributed by atoms with Crippen LogP contribution < -0.4 is 0 Å². The summed E-state index contributed by atoms with van der Waals surface area (Å²) >= 11 is 4.98. The first-order valence-corrected chi connectivity index (χ1v) is 3.58. The number of nitrogens with zero attached hydrogens (tertiary/aromatic N) is 1. The molecule has 0 atom stereocenters. The lowest BCUT2D eigenvalue weighted by atomic mass is 10.4. The maximum atomic E-state index is 10.8. The minimum absolute atomic E-state index is 0.556. The van der Waals surface area contributed by atoms with E-state index < -0.39 is 11.1 Å². The molecule has 0 spiro atoms. The molecule has 0 aromatic rings. The molecule has 0 radical (unpaired) electrons. The maximum absolute atomic E-state index is 10.8. The van der Waals surface area contributed by atoms with Crippen LogP contribution >= 0.6 is 11.6 Å². The van der Waals surface area contributed by atoms with E-state index in [1.165, 1.54) is 4.90 Å². The van der Waals surface area contributed by atoms with E-state index in [1.807, 2.05) is 0 Å². The predicted octanol–water partition coefficient (Wildman–Crippen LogP) is 0.374. The van der Waals surface area contributed by atoms with E-state index in [9.17, 15) is 9.59 Å². The quantitative estimate of drug-likeness (QED) is 0.412. The summed E-state index contributed by atoms with van der Waals surface area (Å²) in [6.45, 7) is 1.36. The highest BCUT2D eigenvalue weighted by Crippen LogP contribution is 2.07. The van der Waals surface area contributed by atoms with Gasteiger partial charge in [0, 0.05) is 13.1 Å². The smallest absolute Gasteiger partial charge is 0.310 e. The van der Waals surface area contributed by atoms with E-state index in [0.29, 0.717) is 13.1 Å². The fraction of sp³-hybridized carbons (Fsp3) is 0.667. The SMILES string of the molecule is O=C(Cl)C(=O)N1CCCC1. The van der Waals surface area contributed by atoms with Crippen molar-refractivity contribution in [3.8, 4) is 0 Å². The number of halogens is 1. The van der Waals surface area contributed by atoms with Gasteiger partial charge in [-0.15, -0.1) is 0 Å². The van der Waals surface area contributed by atoms with Gasteiger partial charge in [0.2, 0.25) is 0 Å². The summed E-state index contributed by atoms with van der Waals surface area (Å²) in [6.07, 6.45) is 1.96. The largest absolute Gasteiger partial charge is 0.335 e. The number of rotatable bonds is 1. The van der Waals surface area contributed by atoms with Crippen molar-refractivity contribution < 1.29 is 9.59 Å². The zero-order chi connectivity index (χ0) is 7.56. The monoisotopic (exact) mass is 161 g/mol. The van der Waals surface area contributed by atoms with Gasteiger partial charge in [0.05, 0.1) is 0 Å². The van der Waals surface area contributed by atoms with Crippen molar-refractivity contribution in [3.63, 3.8) is 0 Å². The van der Waals surface area contributed by atoms with Crippen LogP contribution in [0.4, 0.5) is 0 Å². The Bertz CT molecular complexity index is 163. The Kier molecular flexibility index (Phi) is 2.27. The molecule has 56 valence electrons. The van der Waals surface area contributed by atoms with Crippen LogP contribution in [0.25, 0.3) is 0 Å². The molecule has 1 heterocycles. The molecule has 1 rings (SSSR count). The number of carbonyl (C=O) groups is 2. The predicted molar refractivity (Wildman–Crippen MR) is 36.7 cm³/mol. The Hall–Kier alpha value is -0.570. The number of amides is 1. The Labute approximate surface area is 63.9 Å². The van der Waals surface area contributed by atoms with Crippen LogP contribution in [0.3, 0.4) is 0 Å². The lowest BCUT2D eigenvalue weighted by Crippen LogP contribution is -2.31. The average Bonchev–Trinajstić information content (AvgIpc) is 2.36. The fourth-order valence-corrected chi connectivity index (χ4v) is 1.16. The first kappa shape index (κ1) is 7.54. The van der Waals surface area contributed by atoms with Crippen LogP contribution in [0.2, 0.25) is 0 Å². The molecule has 10 heavy (non-hydrogen) atoms. The standard InChI is InChI=1S/C6H8ClNO2/c7-5(9)6(10)8-3-1-2-4-8/h1-4H2. The van der Waals surface area contributed by atoms with Gasteiger partial charge in [-0.1, -0.05) is 0 Å². The first-order valence-electron chi connectivity index (χ1n) is 3.20. The lowest BCUT2D eigenvalue weighted by molar-refractivity contribution is -0.139. The van der Waals surface area contributed by atoms with E-state index in [1.54, 1.807) is 0 Å². The minimum atomic E-state index is -0.873. The van der Waals surface area contributed by atoms with Crippen molar-refractivity contribution in [2.75, 3.05) is 13.1 Å². The molecule has 3 nitrogen and oxygen atoms in total. The molecule has 0 saturated carbocycles. The van der Waals surface area contributed by atoms with Gasteiger partial charge in [-0.2, -0.15) is 0 Å². The molecule has 0 N–H and O–H groups in total. The van der Waals surface area contributed by atoms with Crippen molar-refractivity contribution in [3.05, 3.63) is 0 Å². The van der Waals surface area contributed by atoms with Gasteiger partial charge in [0.1, 0.15) is 0 Å². The van der Waals surface area contributed by atoms with Crippen molar-refractivity contribution in [1.29, 1.82) is 0 Å². The Balaban J connectivity index is 2.48. The second-order valence-electron chi connectivity index (χ2n) is 2.27. The molecule has 0 aliphatic carbocycles. The molecule has 0 unspecified atom stereocenters. The molecule has 1 amide bonds.